The van der Waals surface area contributed by atoms with E-state index < -0.39 is 23.8 Å². The van der Waals surface area contributed by atoms with Crippen molar-refractivity contribution in [1.82, 2.24) is 0 Å². The molecule has 2 N–H and O–H groups in total. The summed E-state index contributed by atoms with van der Waals surface area (Å²) in [4.78, 5) is 0. The Balaban J connectivity index is 1.74. The molecule has 0 aromatic carbocycles. The molecule has 0 aliphatic heterocycles. The molecule has 124 valence electrons. The number of alkyl halides is 1. The van der Waals surface area contributed by atoms with Gasteiger partial charge in [-0.3, -0.25) is 0 Å². The molecule has 3 fully saturated rings. The quantitative estimate of drug-likeness (QED) is 0.671. The molecule has 8 atom stereocenters. The zero-order valence-electron chi connectivity index (χ0n) is 13.8. The van der Waals surface area contributed by atoms with E-state index in [0.717, 1.165) is 12.8 Å². The summed E-state index contributed by atoms with van der Waals surface area (Å²) in [5, 5.41) is 21.2. The van der Waals surface area contributed by atoms with Crippen LogP contribution < -0.4 is 0 Å². The lowest BCUT2D eigenvalue weighted by molar-refractivity contribution is -0.148. The highest BCUT2D eigenvalue weighted by atomic mass is 19.1. The second kappa shape index (κ2) is 4.80. The molecule has 0 aromatic rings. The van der Waals surface area contributed by atoms with Gasteiger partial charge in [-0.25, -0.2) is 4.39 Å². The van der Waals surface area contributed by atoms with Crippen LogP contribution in [0.25, 0.3) is 0 Å². The number of aliphatic hydroxyl groups excluding tert-OH is 2. The third kappa shape index (κ3) is 1.73. The fourth-order valence-corrected chi connectivity index (χ4v) is 6.62. The van der Waals surface area contributed by atoms with Gasteiger partial charge in [0, 0.05) is 5.41 Å². The van der Waals surface area contributed by atoms with Crippen LogP contribution in [0.1, 0.15) is 58.8 Å². The highest BCUT2D eigenvalue weighted by Gasteiger charge is 2.64. The number of fused-ring (bicyclic) bond motifs is 5. The summed E-state index contributed by atoms with van der Waals surface area (Å²) in [7, 11) is 0. The number of hydrogen-bond donors (Lipinski definition) is 2. The van der Waals surface area contributed by atoms with Gasteiger partial charge in [-0.2, -0.15) is 0 Å². The van der Waals surface area contributed by atoms with E-state index in [1.54, 1.807) is 5.57 Å². The van der Waals surface area contributed by atoms with Crippen LogP contribution in [0.4, 0.5) is 4.39 Å². The molecule has 2 nitrogen and oxygen atoms in total. The molecule has 0 radical (unpaired) electrons. The maximum Gasteiger partial charge on any atom is 0.127 e. The van der Waals surface area contributed by atoms with Crippen molar-refractivity contribution < 1.29 is 14.6 Å². The second-order valence-corrected chi connectivity index (χ2v) is 8.78. The van der Waals surface area contributed by atoms with Crippen molar-refractivity contribution in [2.45, 2.75) is 77.2 Å². The summed E-state index contributed by atoms with van der Waals surface area (Å²) in [6.07, 6.45) is 6.81. The minimum atomic E-state index is -1.17. The Labute approximate surface area is 132 Å². The van der Waals surface area contributed by atoms with Crippen molar-refractivity contribution in [3.8, 4) is 0 Å². The first kappa shape index (κ1) is 15.1. The molecule has 0 bridgehead atoms. The summed E-state index contributed by atoms with van der Waals surface area (Å²) in [6, 6.07) is 0. The van der Waals surface area contributed by atoms with Crippen LogP contribution in [0, 0.1) is 28.6 Å². The third-order valence-corrected chi connectivity index (χ3v) is 8.07. The highest BCUT2D eigenvalue weighted by Crippen LogP contribution is 2.65. The molecule has 22 heavy (non-hydrogen) atoms. The number of rotatable bonds is 0. The smallest absolute Gasteiger partial charge is 0.127 e. The van der Waals surface area contributed by atoms with Gasteiger partial charge in [0.1, 0.15) is 6.17 Å². The standard InChI is InChI=1S/C19H29FO2/c1-18-8-4-3-5-11(18)6-7-12-13(18)10-16(21)19(2)14(12)9-15(20)17(19)22/h6,12-17,21-22H,3-5,7-10H2,1-2H3/t12-,13+,14+,15-,16-,17-,18+,19-/m1/s1. The minimum absolute atomic E-state index is 0.114. The second-order valence-electron chi connectivity index (χ2n) is 8.78. The van der Waals surface area contributed by atoms with Crippen LogP contribution in [0.3, 0.4) is 0 Å². The van der Waals surface area contributed by atoms with Crippen molar-refractivity contribution in [3.05, 3.63) is 11.6 Å². The first-order valence-electron chi connectivity index (χ1n) is 9.08. The van der Waals surface area contributed by atoms with E-state index in [2.05, 4.69) is 13.0 Å². The third-order valence-electron chi connectivity index (χ3n) is 8.07. The maximum atomic E-state index is 14.2. The molecule has 0 spiro atoms. The Kier molecular flexibility index (Phi) is 3.30. The van der Waals surface area contributed by atoms with Crippen molar-refractivity contribution in [3.63, 3.8) is 0 Å². The molecular weight excluding hydrogens is 279 g/mol. The molecule has 4 rings (SSSR count). The molecule has 3 heteroatoms. The van der Waals surface area contributed by atoms with Gasteiger partial charge >= 0.3 is 0 Å². The molecule has 0 saturated heterocycles. The van der Waals surface area contributed by atoms with Gasteiger partial charge in [-0.15, -0.1) is 0 Å². The zero-order chi connectivity index (χ0) is 15.7. The predicted octanol–water partition coefficient (Wildman–Crippen LogP) is 3.62. The fraction of sp³-hybridized carbons (Fsp3) is 0.895. The van der Waals surface area contributed by atoms with Crippen molar-refractivity contribution in [1.29, 1.82) is 0 Å². The minimum Gasteiger partial charge on any atom is -0.392 e. The monoisotopic (exact) mass is 308 g/mol. The van der Waals surface area contributed by atoms with Crippen LogP contribution in [-0.2, 0) is 0 Å². The first-order chi connectivity index (χ1) is 10.4. The fourth-order valence-electron chi connectivity index (χ4n) is 6.62. The average Bonchev–Trinajstić information content (AvgIpc) is 2.73. The molecule has 4 aliphatic rings. The van der Waals surface area contributed by atoms with Crippen molar-refractivity contribution in [2.24, 2.45) is 28.6 Å². The van der Waals surface area contributed by atoms with Crippen LogP contribution in [0.2, 0.25) is 0 Å². The molecular formula is C19H29FO2. The van der Waals surface area contributed by atoms with Gasteiger partial charge in [-0.05, 0) is 61.7 Å². The van der Waals surface area contributed by atoms with E-state index in [-0.39, 0.29) is 11.3 Å². The lowest BCUT2D eigenvalue weighted by atomic mass is 9.47. The van der Waals surface area contributed by atoms with Gasteiger partial charge in [-0.1, -0.05) is 31.9 Å². The van der Waals surface area contributed by atoms with E-state index in [1.807, 2.05) is 6.92 Å². The number of aliphatic hydroxyl groups is 2. The Morgan fingerprint density at radius 2 is 1.91 bits per heavy atom. The van der Waals surface area contributed by atoms with Gasteiger partial charge < -0.3 is 10.2 Å². The van der Waals surface area contributed by atoms with Crippen LogP contribution >= 0.6 is 0 Å². The van der Waals surface area contributed by atoms with Crippen molar-refractivity contribution in [2.75, 3.05) is 0 Å². The summed E-state index contributed by atoms with van der Waals surface area (Å²) >= 11 is 0. The summed E-state index contributed by atoms with van der Waals surface area (Å²) < 4.78 is 14.2. The molecule has 4 aliphatic carbocycles. The Bertz CT molecular complexity index is 504. The molecule has 0 unspecified atom stereocenters. The molecule has 3 saturated carbocycles. The Morgan fingerprint density at radius 1 is 1.14 bits per heavy atom. The SMILES string of the molecule is C[C@]12[C@H](O)C[C@H]3[C@@H](CC=C4CCCC[C@@]43C)[C@@H]1C[C@@H](F)[C@H]2O. The van der Waals surface area contributed by atoms with Gasteiger partial charge in [0.15, 0.2) is 0 Å². The summed E-state index contributed by atoms with van der Waals surface area (Å²) in [5.41, 5.74) is 1.13. The largest absolute Gasteiger partial charge is 0.392 e. The van der Waals surface area contributed by atoms with E-state index >= 15 is 0 Å². The van der Waals surface area contributed by atoms with E-state index in [4.69, 9.17) is 0 Å². The molecule has 0 heterocycles. The van der Waals surface area contributed by atoms with Gasteiger partial charge in [0.2, 0.25) is 0 Å². The predicted molar refractivity (Wildman–Crippen MR) is 84.0 cm³/mol. The average molecular weight is 308 g/mol. The lowest BCUT2D eigenvalue weighted by Crippen LogP contribution is -2.57. The number of halogens is 1. The number of hydrogen-bond acceptors (Lipinski definition) is 2. The van der Waals surface area contributed by atoms with Crippen LogP contribution in [0.5, 0.6) is 0 Å². The maximum absolute atomic E-state index is 14.2. The van der Waals surface area contributed by atoms with Crippen LogP contribution in [-0.4, -0.2) is 28.6 Å². The van der Waals surface area contributed by atoms with Gasteiger partial charge in [0.05, 0.1) is 12.2 Å². The van der Waals surface area contributed by atoms with E-state index in [9.17, 15) is 14.6 Å². The first-order valence-corrected chi connectivity index (χ1v) is 9.08. The van der Waals surface area contributed by atoms with E-state index in [1.165, 1.54) is 25.7 Å². The lowest BCUT2D eigenvalue weighted by Gasteiger charge is -2.58. The topological polar surface area (TPSA) is 40.5 Å². The van der Waals surface area contributed by atoms with E-state index in [0.29, 0.717) is 18.3 Å². The summed E-state index contributed by atoms with van der Waals surface area (Å²) in [5.74, 6) is 0.997. The number of allylic oxidation sites excluding steroid dienone is 2. The summed E-state index contributed by atoms with van der Waals surface area (Å²) in [6.45, 7) is 4.30. The molecule has 0 amide bonds. The van der Waals surface area contributed by atoms with Crippen molar-refractivity contribution >= 4 is 0 Å². The Morgan fingerprint density at radius 3 is 2.68 bits per heavy atom. The van der Waals surface area contributed by atoms with Crippen LogP contribution in [0.15, 0.2) is 11.6 Å². The van der Waals surface area contributed by atoms with Gasteiger partial charge in [0.25, 0.3) is 0 Å². The Hall–Kier alpha value is -0.410. The molecule has 0 aromatic heterocycles. The normalized spacial score (nSPS) is 57.6. The highest BCUT2D eigenvalue weighted by molar-refractivity contribution is 5.25. The zero-order valence-corrected chi connectivity index (χ0v) is 13.8.